The van der Waals surface area contributed by atoms with E-state index in [0.717, 1.165) is 34.4 Å². The van der Waals surface area contributed by atoms with Crippen LogP contribution in [0.4, 0.5) is 0 Å². The van der Waals surface area contributed by atoms with Gasteiger partial charge in [0, 0.05) is 17.7 Å². The molecule has 2 heterocycles. The first kappa shape index (κ1) is 19.4. The molecule has 1 N–H and O–H groups in total. The molecular formula is C24H24N2O2S. The van der Waals surface area contributed by atoms with E-state index in [0.29, 0.717) is 18.7 Å². The lowest BCUT2D eigenvalue weighted by molar-refractivity contribution is -0.121. The zero-order chi connectivity index (χ0) is 20.1. The van der Waals surface area contributed by atoms with Crippen molar-refractivity contribution in [3.05, 3.63) is 87.9 Å². The summed E-state index contributed by atoms with van der Waals surface area (Å²) in [6.07, 6.45) is 3.01. The summed E-state index contributed by atoms with van der Waals surface area (Å²) in [6, 6.07) is 20.2. The predicted octanol–water partition coefficient (Wildman–Crippen LogP) is 5.68. The Labute approximate surface area is 174 Å². The molecule has 0 saturated carbocycles. The summed E-state index contributed by atoms with van der Waals surface area (Å²) in [4.78, 5) is 18.3. The van der Waals surface area contributed by atoms with E-state index in [1.807, 2.05) is 35.7 Å². The van der Waals surface area contributed by atoms with Crippen LogP contribution in [0.2, 0.25) is 0 Å². The molecule has 5 heteroatoms. The Bertz CT molecular complexity index is 1030. The molecule has 0 aliphatic carbocycles. The Hall–Kier alpha value is -2.92. The molecule has 29 heavy (non-hydrogen) atoms. The van der Waals surface area contributed by atoms with Crippen molar-refractivity contribution >= 4 is 28.3 Å². The third-order valence-electron chi connectivity index (χ3n) is 4.89. The fourth-order valence-electron chi connectivity index (χ4n) is 3.42. The molecule has 4 aromatic rings. The van der Waals surface area contributed by atoms with E-state index in [1.54, 1.807) is 11.3 Å². The van der Waals surface area contributed by atoms with E-state index in [9.17, 15) is 4.79 Å². The summed E-state index contributed by atoms with van der Waals surface area (Å²) in [5.74, 6) is 0.584. The molecule has 0 aliphatic heterocycles. The number of benzene rings is 2. The average Bonchev–Trinajstić information content (AvgIpc) is 3.41. The van der Waals surface area contributed by atoms with Crippen LogP contribution in [0, 0.1) is 0 Å². The first-order chi connectivity index (χ1) is 14.2. The second-order valence-corrected chi connectivity index (χ2v) is 8.06. The summed E-state index contributed by atoms with van der Waals surface area (Å²) in [5.41, 5.74) is 4.00. The van der Waals surface area contributed by atoms with Gasteiger partial charge in [-0.25, -0.2) is 4.98 Å². The number of amides is 1. The number of fused-ring (bicyclic) bond motifs is 1. The van der Waals surface area contributed by atoms with Crippen LogP contribution in [0.25, 0.3) is 11.1 Å². The van der Waals surface area contributed by atoms with Crippen LogP contribution < -0.4 is 5.32 Å². The number of aromatic nitrogens is 1. The van der Waals surface area contributed by atoms with Crippen molar-refractivity contribution in [2.24, 2.45) is 0 Å². The molecule has 1 amide bonds. The smallest absolute Gasteiger partial charge is 0.221 e. The fraction of sp³-hybridized carbons (Fsp3) is 0.250. The molecule has 1 atom stereocenters. The van der Waals surface area contributed by atoms with Crippen molar-refractivity contribution in [2.45, 2.75) is 38.6 Å². The molecule has 4 rings (SSSR count). The van der Waals surface area contributed by atoms with Crippen LogP contribution in [0.3, 0.4) is 0 Å². The molecule has 0 bridgehead atoms. The maximum atomic E-state index is 12.7. The third kappa shape index (κ3) is 4.74. The lowest BCUT2D eigenvalue weighted by Gasteiger charge is -2.18. The zero-order valence-corrected chi connectivity index (χ0v) is 17.2. The summed E-state index contributed by atoms with van der Waals surface area (Å²) in [6.45, 7) is 2.18. The van der Waals surface area contributed by atoms with Crippen molar-refractivity contribution in [2.75, 3.05) is 0 Å². The highest BCUT2D eigenvalue weighted by molar-refractivity contribution is 7.10. The Balaban J connectivity index is 1.44. The van der Waals surface area contributed by atoms with Gasteiger partial charge in [0.05, 0.1) is 6.04 Å². The largest absolute Gasteiger partial charge is 0.441 e. The van der Waals surface area contributed by atoms with Crippen LogP contribution in [0.15, 0.2) is 70.5 Å². The highest BCUT2D eigenvalue weighted by atomic mass is 32.1. The average molecular weight is 405 g/mol. The van der Waals surface area contributed by atoms with Gasteiger partial charge in [-0.2, -0.15) is 0 Å². The number of carbonyl (C=O) groups is 1. The minimum atomic E-state index is -0.137. The molecule has 2 aromatic carbocycles. The lowest BCUT2D eigenvalue weighted by Crippen LogP contribution is -2.29. The summed E-state index contributed by atoms with van der Waals surface area (Å²) >= 11 is 1.65. The van der Waals surface area contributed by atoms with E-state index in [4.69, 9.17) is 4.42 Å². The maximum Gasteiger partial charge on any atom is 0.221 e. The SMILES string of the molecule is CCCc1ccc(C(NC(=O)CCc2nc3ccccc3o2)c2cccs2)cc1. The fourth-order valence-corrected chi connectivity index (χ4v) is 4.22. The highest BCUT2D eigenvalue weighted by Gasteiger charge is 2.18. The summed E-state index contributed by atoms with van der Waals surface area (Å²) in [5, 5.41) is 5.23. The Morgan fingerprint density at radius 3 is 2.62 bits per heavy atom. The molecule has 0 radical (unpaired) electrons. The summed E-state index contributed by atoms with van der Waals surface area (Å²) < 4.78 is 5.73. The Morgan fingerprint density at radius 1 is 1.07 bits per heavy atom. The second-order valence-electron chi connectivity index (χ2n) is 7.08. The van der Waals surface area contributed by atoms with Crippen LogP contribution in [0.1, 0.15) is 47.7 Å². The highest BCUT2D eigenvalue weighted by Crippen LogP contribution is 2.27. The van der Waals surface area contributed by atoms with Crippen molar-refractivity contribution < 1.29 is 9.21 Å². The Morgan fingerprint density at radius 2 is 1.90 bits per heavy atom. The molecule has 4 nitrogen and oxygen atoms in total. The predicted molar refractivity (Wildman–Crippen MR) is 117 cm³/mol. The minimum Gasteiger partial charge on any atom is -0.441 e. The maximum absolute atomic E-state index is 12.7. The van der Waals surface area contributed by atoms with Gasteiger partial charge in [0.2, 0.25) is 5.91 Å². The van der Waals surface area contributed by atoms with Crippen molar-refractivity contribution in [3.8, 4) is 0 Å². The molecular weight excluding hydrogens is 380 g/mol. The van der Waals surface area contributed by atoms with Crippen molar-refractivity contribution in [1.82, 2.24) is 10.3 Å². The number of nitrogens with one attached hydrogen (secondary N) is 1. The molecule has 148 valence electrons. The zero-order valence-electron chi connectivity index (χ0n) is 16.4. The van der Waals surface area contributed by atoms with E-state index < -0.39 is 0 Å². The van der Waals surface area contributed by atoms with Gasteiger partial charge in [-0.15, -0.1) is 11.3 Å². The van der Waals surface area contributed by atoms with Crippen LogP contribution >= 0.6 is 11.3 Å². The number of thiophene rings is 1. The number of para-hydroxylation sites is 2. The number of rotatable bonds is 8. The number of carbonyl (C=O) groups excluding carboxylic acids is 1. The second kappa shape index (κ2) is 9.05. The van der Waals surface area contributed by atoms with E-state index in [-0.39, 0.29) is 11.9 Å². The van der Waals surface area contributed by atoms with Crippen LogP contribution in [0.5, 0.6) is 0 Å². The van der Waals surface area contributed by atoms with Gasteiger partial charge in [0.15, 0.2) is 11.5 Å². The van der Waals surface area contributed by atoms with Crippen LogP contribution in [-0.4, -0.2) is 10.9 Å². The number of hydrogen-bond acceptors (Lipinski definition) is 4. The molecule has 0 spiro atoms. The molecule has 0 fully saturated rings. The topological polar surface area (TPSA) is 55.1 Å². The minimum absolute atomic E-state index is 0.0108. The van der Waals surface area contributed by atoms with Gasteiger partial charge >= 0.3 is 0 Å². The quantitative estimate of drug-likeness (QED) is 0.411. The van der Waals surface area contributed by atoms with Crippen molar-refractivity contribution in [1.29, 1.82) is 0 Å². The number of oxazole rings is 1. The first-order valence-electron chi connectivity index (χ1n) is 9.99. The van der Waals surface area contributed by atoms with E-state index in [2.05, 4.69) is 47.6 Å². The standard InChI is InChI=1S/C24H24N2O2S/c1-2-6-17-10-12-18(13-11-17)24(21-9-5-16-29-21)26-22(27)14-15-23-25-19-7-3-4-8-20(19)28-23/h3-5,7-13,16,24H,2,6,14-15H2,1H3,(H,26,27). The monoisotopic (exact) mass is 404 g/mol. The van der Waals surface area contributed by atoms with Gasteiger partial charge < -0.3 is 9.73 Å². The third-order valence-corrected chi connectivity index (χ3v) is 5.83. The molecule has 0 aliphatic rings. The van der Waals surface area contributed by atoms with Gasteiger partial charge in [0.25, 0.3) is 0 Å². The number of hydrogen-bond donors (Lipinski definition) is 1. The number of nitrogens with zero attached hydrogens (tertiary/aromatic N) is 1. The van der Waals surface area contributed by atoms with E-state index in [1.165, 1.54) is 5.56 Å². The van der Waals surface area contributed by atoms with Gasteiger partial charge in [-0.05, 0) is 41.1 Å². The van der Waals surface area contributed by atoms with Crippen molar-refractivity contribution in [3.63, 3.8) is 0 Å². The molecule has 2 aromatic heterocycles. The van der Waals surface area contributed by atoms with Crippen LogP contribution in [-0.2, 0) is 17.6 Å². The van der Waals surface area contributed by atoms with E-state index >= 15 is 0 Å². The lowest BCUT2D eigenvalue weighted by atomic mass is 10.0. The van der Waals surface area contributed by atoms with Gasteiger partial charge in [-0.3, -0.25) is 4.79 Å². The normalized spacial score (nSPS) is 12.2. The summed E-state index contributed by atoms with van der Waals surface area (Å²) in [7, 11) is 0. The molecule has 0 saturated heterocycles. The number of aryl methyl sites for hydroxylation is 2. The first-order valence-corrected chi connectivity index (χ1v) is 10.9. The Kier molecular flexibility index (Phi) is 6.06. The molecule has 1 unspecified atom stereocenters. The van der Waals surface area contributed by atoms with Gasteiger partial charge in [0.1, 0.15) is 5.52 Å². The van der Waals surface area contributed by atoms with Gasteiger partial charge in [-0.1, -0.05) is 55.8 Å².